The summed E-state index contributed by atoms with van der Waals surface area (Å²) in [7, 11) is 3.22. The average Bonchev–Trinajstić information content (AvgIpc) is 2.99. The van der Waals surface area contributed by atoms with Crippen LogP contribution in [0, 0.1) is 13.8 Å². The lowest BCUT2D eigenvalue weighted by molar-refractivity contribution is 0.355. The third-order valence-corrected chi connectivity index (χ3v) is 3.55. The summed E-state index contributed by atoms with van der Waals surface area (Å²) in [5.41, 5.74) is 2.78. The van der Waals surface area contributed by atoms with E-state index in [1.54, 1.807) is 18.7 Å². The van der Waals surface area contributed by atoms with Gasteiger partial charge >= 0.3 is 0 Å². The Labute approximate surface area is 127 Å². The maximum absolute atomic E-state index is 5.33. The Kier molecular flexibility index (Phi) is 3.54. The molecule has 0 atom stereocenters. The van der Waals surface area contributed by atoms with Crippen LogP contribution in [0.2, 0.25) is 0 Å². The predicted octanol–water partition coefficient (Wildman–Crippen LogP) is 2.50. The number of fused-ring (bicyclic) bond motifs is 1. The second kappa shape index (κ2) is 5.51. The van der Waals surface area contributed by atoms with Crippen molar-refractivity contribution >= 4 is 17.3 Å². The van der Waals surface area contributed by atoms with Gasteiger partial charge in [0.1, 0.15) is 12.1 Å². The van der Waals surface area contributed by atoms with Crippen LogP contribution in [-0.2, 0) is 0 Å². The Morgan fingerprint density at radius 2 is 1.86 bits per heavy atom. The number of methoxy groups -OCH3 is 2. The predicted molar refractivity (Wildman–Crippen MR) is 83.1 cm³/mol. The van der Waals surface area contributed by atoms with Crippen molar-refractivity contribution in [3.05, 3.63) is 35.8 Å². The molecule has 0 saturated carbocycles. The maximum atomic E-state index is 5.33. The van der Waals surface area contributed by atoms with Gasteiger partial charge in [0.25, 0.3) is 5.78 Å². The highest BCUT2D eigenvalue weighted by molar-refractivity contribution is 5.65. The molecule has 0 spiro atoms. The smallest absolute Gasteiger partial charge is 0.254 e. The van der Waals surface area contributed by atoms with E-state index in [0.29, 0.717) is 17.3 Å². The Morgan fingerprint density at radius 3 is 2.59 bits per heavy atom. The van der Waals surface area contributed by atoms with E-state index < -0.39 is 0 Å². The molecule has 0 aliphatic heterocycles. The first-order valence-corrected chi connectivity index (χ1v) is 6.80. The summed E-state index contributed by atoms with van der Waals surface area (Å²) in [4.78, 5) is 8.54. The number of hydrogen-bond acceptors (Lipinski definition) is 6. The largest absolute Gasteiger partial charge is 0.493 e. The molecule has 1 N–H and O–H groups in total. The summed E-state index contributed by atoms with van der Waals surface area (Å²) in [6, 6.07) is 5.64. The first kappa shape index (κ1) is 14.1. The quantitative estimate of drug-likeness (QED) is 0.798. The fourth-order valence-corrected chi connectivity index (χ4v) is 2.23. The minimum absolute atomic E-state index is 0.561. The van der Waals surface area contributed by atoms with Crippen LogP contribution in [0.25, 0.3) is 5.78 Å². The number of benzene rings is 1. The van der Waals surface area contributed by atoms with Crippen molar-refractivity contribution in [2.45, 2.75) is 13.8 Å². The van der Waals surface area contributed by atoms with E-state index in [-0.39, 0.29) is 0 Å². The van der Waals surface area contributed by atoms with Crippen LogP contribution < -0.4 is 14.8 Å². The van der Waals surface area contributed by atoms with E-state index in [0.717, 1.165) is 22.8 Å². The molecular formula is C15H17N5O2. The Bertz CT molecular complexity index is 828. The van der Waals surface area contributed by atoms with Crippen LogP contribution in [-0.4, -0.2) is 33.8 Å². The minimum Gasteiger partial charge on any atom is -0.493 e. The molecule has 0 saturated heterocycles. The Balaban J connectivity index is 2.06. The molecule has 2 heterocycles. The van der Waals surface area contributed by atoms with Crippen molar-refractivity contribution in [3.8, 4) is 11.5 Å². The summed E-state index contributed by atoms with van der Waals surface area (Å²) in [5.74, 6) is 2.73. The molecule has 2 aromatic heterocycles. The number of rotatable bonds is 4. The summed E-state index contributed by atoms with van der Waals surface area (Å²) >= 11 is 0. The summed E-state index contributed by atoms with van der Waals surface area (Å²) < 4.78 is 12.3. The summed E-state index contributed by atoms with van der Waals surface area (Å²) in [6.45, 7) is 3.94. The molecule has 0 radical (unpaired) electrons. The van der Waals surface area contributed by atoms with Crippen LogP contribution in [0.1, 0.15) is 11.3 Å². The highest BCUT2D eigenvalue weighted by Gasteiger charge is 2.12. The maximum Gasteiger partial charge on any atom is 0.254 e. The zero-order valence-corrected chi connectivity index (χ0v) is 12.9. The number of aromatic nitrogens is 4. The standard InChI is InChI=1S/C15H17N5O2/c1-9-10(2)18-15-16-8-17-20(15)14(9)19-11-5-6-12(21-3)13(7-11)22-4/h5-8,19H,1-4H3. The first-order chi connectivity index (χ1) is 10.6. The van der Waals surface area contributed by atoms with Crippen molar-refractivity contribution in [3.63, 3.8) is 0 Å². The van der Waals surface area contributed by atoms with Gasteiger partial charge in [-0.3, -0.25) is 0 Å². The third kappa shape index (κ3) is 2.30. The molecule has 1 aromatic carbocycles. The van der Waals surface area contributed by atoms with Crippen LogP contribution in [0.3, 0.4) is 0 Å². The Morgan fingerprint density at radius 1 is 1.09 bits per heavy atom. The van der Waals surface area contributed by atoms with Gasteiger partial charge in [-0.15, -0.1) is 0 Å². The van der Waals surface area contributed by atoms with Gasteiger partial charge in [0.05, 0.1) is 14.2 Å². The highest BCUT2D eigenvalue weighted by Crippen LogP contribution is 2.31. The van der Waals surface area contributed by atoms with E-state index in [1.807, 2.05) is 32.0 Å². The van der Waals surface area contributed by atoms with Crippen LogP contribution in [0.5, 0.6) is 11.5 Å². The van der Waals surface area contributed by atoms with Gasteiger partial charge in [0.15, 0.2) is 11.5 Å². The molecule has 0 amide bonds. The van der Waals surface area contributed by atoms with E-state index in [1.165, 1.54) is 6.33 Å². The lowest BCUT2D eigenvalue weighted by Crippen LogP contribution is -2.06. The molecule has 0 aliphatic carbocycles. The van der Waals surface area contributed by atoms with Gasteiger partial charge in [0, 0.05) is 23.0 Å². The zero-order valence-electron chi connectivity index (χ0n) is 12.9. The summed E-state index contributed by atoms with van der Waals surface area (Å²) in [6.07, 6.45) is 1.49. The molecule has 7 heteroatoms. The van der Waals surface area contributed by atoms with Crippen molar-refractivity contribution in [1.82, 2.24) is 19.6 Å². The first-order valence-electron chi connectivity index (χ1n) is 6.80. The number of aryl methyl sites for hydroxylation is 1. The molecule has 7 nitrogen and oxygen atoms in total. The molecule has 0 unspecified atom stereocenters. The molecule has 3 rings (SSSR count). The van der Waals surface area contributed by atoms with Crippen LogP contribution in [0.4, 0.5) is 11.5 Å². The normalized spacial score (nSPS) is 10.7. The lowest BCUT2D eigenvalue weighted by atomic mass is 10.2. The van der Waals surface area contributed by atoms with Gasteiger partial charge in [-0.2, -0.15) is 14.6 Å². The lowest BCUT2D eigenvalue weighted by Gasteiger charge is -2.14. The molecule has 0 fully saturated rings. The minimum atomic E-state index is 0.561. The molecular weight excluding hydrogens is 282 g/mol. The van der Waals surface area contributed by atoms with Crippen LogP contribution in [0.15, 0.2) is 24.5 Å². The molecule has 0 aliphatic rings. The monoisotopic (exact) mass is 299 g/mol. The second-order valence-corrected chi connectivity index (χ2v) is 4.84. The molecule has 22 heavy (non-hydrogen) atoms. The SMILES string of the molecule is COc1ccc(Nc2c(C)c(C)nc3ncnn23)cc1OC. The number of nitrogens with zero attached hydrogens (tertiary/aromatic N) is 4. The van der Waals surface area contributed by atoms with E-state index in [2.05, 4.69) is 20.4 Å². The van der Waals surface area contributed by atoms with Gasteiger partial charge < -0.3 is 14.8 Å². The number of ether oxygens (including phenoxy) is 2. The fourth-order valence-electron chi connectivity index (χ4n) is 2.23. The van der Waals surface area contributed by atoms with E-state index in [4.69, 9.17) is 9.47 Å². The van der Waals surface area contributed by atoms with Crippen molar-refractivity contribution in [2.75, 3.05) is 19.5 Å². The van der Waals surface area contributed by atoms with Crippen LogP contribution >= 0.6 is 0 Å². The van der Waals surface area contributed by atoms with E-state index >= 15 is 0 Å². The van der Waals surface area contributed by atoms with Gasteiger partial charge in [-0.05, 0) is 26.0 Å². The molecule has 114 valence electrons. The summed E-state index contributed by atoms with van der Waals surface area (Å²) in [5, 5.41) is 7.57. The topological polar surface area (TPSA) is 73.6 Å². The van der Waals surface area contributed by atoms with Gasteiger partial charge in [-0.25, -0.2) is 4.98 Å². The van der Waals surface area contributed by atoms with Gasteiger partial charge in [-0.1, -0.05) is 0 Å². The Hall–Kier alpha value is -2.83. The molecule has 3 aromatic rings. The van der Waals surface area contributed by atoms with Gasteiger partial charge in [0.2, 0.25) is 0 Å². The van der Waals surface area contributed by atoms with Crippen molar-refractivity contribution in [2.24, 2.45) is 0 Å². The molecule has 0 bridgehead atoms. The number of nitrogens with one attached hydrogen (secondary N) is 1. The zero-order chi connectivity index (χ0) is 15.7. The fraction of sp³-hybridized carbons (Fsp3) is 0.267. The number of anilines is 2. The average molecular weight is 299 g/mol. The second-order valence-electron chi connectivity index (χ2n) is 4.84. The van der Waals surface area contributed by atoms with Crippen molar-refractivity contribution < 1.29 is 9.47 Å². The van der Waals surface area contributed by atoms with E-state index in [9.17, 15) is 0 Å². The number of hydrogen-bond donors (Lipinski definition) is 1. The van der Waals surface area contributed by atoms with Crippen molar-refractivity contribution in [1.29, 1.82) is 0 Å². The highest BCUT2D eigenvalue weighted by atomic mass is 16.5. The third-order valence-electron chi connectivity index (χ3n) is 3.55.